The van der Waals surface area contributed by atoms with Gasteiger partial charge in [-0.05, 0) is 48.0 Å². The number of halogens is 1. The number of amides is 2. The van der Waals surface area contributed by atoms with E-state index in [1.165, 1.54) is 31.4 Å². The van der Waals surface area contributed by atoms with Gasteiger partial charge in [0.2, 0.25) is 0 Å². The average molecular weight is 405 g/mol. The highest BCUT2D eigenvalue weighted by Crippen LogP contribution is 2.29. The highest BCUT2D eigenvalue weighted by atomic mass is 19.1. The molecule has 0 aliphatic carbocycles. The largest absolute Gasteiger partial charge is 0.494 e. The molecule has 6 nitrogen and oxygen atoms in total. The molecule has 1 aliphatic heterocycles. The van der Waals surface area contributed by atoms with E-state index in [4.69, 9.17) is 9.47 Å². The molecule has 0 saturated carbocycles. The second-order valence-electron chi connectivity index (χ2n) is 6.59. The number of carbonyl (C=O) groups is 3. The van der Waals surface area contributed by atoms with Crippen LogP contribution in [-0.2, 0) is 11.3 Å². The van der Waals surface area contributed by atoms with Gasteiger partial charge in [0, 0.05) is 0 Å². The van der Waals surface area contributed by atoms with Crippen molar-refractivity contribution in [1.82, 2.24) is 0 Å². The number of esters is 1. The Kier molecular flexibility index (Phi) is 5.02. The van der Waals surface area contributed by atoms with E-state index in [0.29, 0.717) is 16.7 Å². The molecule has 3 aromatic carbocycles. The van der Waals surface area contributed by atoms with Crippen LogP contribution in [0.3, 0.4) is 0 Å². The molecular formula is C23H16FNO5. The van der Waals surface area contributed by atoms with Crippen molar-refractivity contribution >= 4 is 23.5 Å². The molecule has 0 saturated heterocycles. The van der Waals surface area contributed by atoms with Crippen LogP contribution in [0.25, 0.3) is 0 Å². The lowest BCUT2D eigenvalue weighted by molar-refractivity contribution is 0.0471. The summed E-state index contributed by atoms with van der Waals surface area (Å²) < 4.78 is 23.9. The molecule has 0 aromatic heterocycles. The highest BCUT2D eigenvalue weighted by Gasteiger charge is 2.36. The first-order valence-corrected chi connectivity index (χ1v) is 9.07. The van der Waals surface area contributed by atoms with Gasteiger partial charge in [-0.2, -0.15) is 0 Å². The van der Waals surface area contributed by atoms with E-state index in [0.717, 1.165) is 4.90 Å². The Labute approximate surface area is 171 Å². The molecule has 150 valence electrons. The van der Waals surface area contributed by atoms with Crippen LogP contribution in [0.5, 0.6) is 5.75 Å². The molecule has 0 N–H and O–H groups in total. The molecule has 30 heavy (non-hydrogen) atoms. The number of ether oxygens (including phenoxy) is 2. The Morgan fingerprint density at radius 3 is 2.27 bits per heavy atom. The second kappa shape index (κ2) is 7.79. The third-order valence-electron chi connectivity index (χ3n) is 4.72. The van der Waals surface area contributed by atoms with E-state index in [2.05, 4.69) is 0 Å². The molecule has 1 heterocycles. The van der Waals surface area contributed by atoms with Crippen molar-refractivity contribution in [3.8, 4) is 5.75 Å². The fourth-order valence-electron chi connectivity index (χ4n) is 3.23. The molecule has 3 aromatic rings. The summed E-state index contributed by atoms with van der Waals surface area (Å²) in [6.45, 7) is -0.142. The zero-order chi connectivity index (χ0) is 21.3. The van der Waals surface area contributed by atoms with Gasteiger partial charge in [0.25, 0.3) is 11.8 Å². The molecule has 2 amide bonds. The zero-order valence-electron chi connectivity index (χ0n) is 15.9. The summed E-state index contributed by atoms with van der Waals surface area (Å²) in [6.07, 6.45) is 0. The molecule has 1 aliphatic rings. The fraction of sp³-hybridized carbons (Fsp3) is 0.0870. The number of hydrogen-bond acceptors (Lipinski definition) is 5. The predicted octanol–water partition coefficient (Wildman–Crippen LogP) is 3.99. The first kappa shape index (κ1) is 19.3. The van der Waals surface area contributed by atoms with Gasteiger partial charge in [0.05, 0.1) is 29.5 Å². The lowest BCUT2D eigenvalue weighted by atomic mass is 10.1. The average Bonchev–Trinajstić information content (AvgIpc) is 3.02. The van der Waals surface area contributed by atoms with Crippen LogP contribution in [0.15, 0.2) is 66.7 Å². The lowest BCUT2D eigenvalue weighted by Gasteiger charge is -2.15. The topological polar surface area (TPSA) is 72.9 Å². The van der Waals surface area contributed by atoms with Gasteiger partial charge in [-0.1, -0.05) is 24.3 Å². The molecule has 0 unspecified atom stereocenters. The summed E-state index contributed by atoms with van der Waals surface area (Å²) in [5, 5.41) is 0. The van der Waals surface area contributed by atoms with Crippen molar-refractivity contribution in [2.45, 2.75) is 6.61 Å². The van der Waals surface area contributed by atoms with E-state index in [9.17, 15) is 18.8 Å². The third-order valence-corrected chi connectivity index (χ3v) is 4.72. The molecule has 0 radical (unpaired) electrons. The maximum atomic E-state index is 13.8. The summed E-state index contributed by atoms with van der Waals surface area (Å²) in [5.74, 6) is -2.02. The Hall–Kier alpha value is -4.00. The van der Waals surface area contributed by atoms with Crippen molar-refractivity contribution < 1.29 is 28.2 Å². The molecule has 0 fully saturated rings. The van der Waals surface area contributed by atoms with Crippen molar-refractivity contribution in [2.75, 3.05) is 12.0 Å². The van der Waals surface area contributed by atoms with Crippen LogP contribution < -0.4 is 9.64 Å². The van der Waals surface area contributed by atoms with E-state index >= 15 is 0 Å². The molecule has 7 heteroatoms. The molecule has 0 atom stereocenters. The van der Waals surface area contributed by atoms with Gasteiger partial charge in [-0.3, -0.25) is 9.59 Å². The molecule has 0 spiro atoms. The van der Waals surface area contributed by atoms with Gasteiger partial charge in [0.1, 0.15) is 6.61 Å². The number of hydrogen-bond donors (Lipinski definition) is 0. The van der Waals surface area contributed by atoms with Crippen molar-refractivity contribution in [1.29, 1.82) is 0 Å². The van der Waals surface area contributed by atoms with Gasteiger partial charge in [-0.15, -0.1) is 0 Å². The predicted molar refractivity (Wildman–Crippen MR) is 106 cm³/mol. The van der Waals surface area contributed by atoms with E-state index < -0.39 is 23.6 Å². The number of nitrogens with zero attached hydrogens (tertiary/aromatic N) is 1. The van der Waals surface area contributed by atoms with Crippen molar-refractivity contribution in [3.63, 3.8) is 0 Å². The first-order chi connectivity index (χ1) is 14.5. The van der Waals surface area contributed by atoms with E-state index in [1.807, 2.05) is 0 Å². The maximum absolute atomic E-state index is 13.8. The zero-order valence-corrected chi connectivity index (χ0v) is 15.9. The summed E-state index contributed by atoms with van der Waals surface area (Å²) in [6, 6.07) is 16.8. The number of imide groups is 1. The Bertz CT molecular complexity index is 1140. The van der Waals surface area contributed by atoms with Crippen molar-refractivity contribution in [3.05, 3.63) is 94.8 Å². The Balaban J connectivity index is 1.51. The maximum Gasteiger partial charge on any atom is 0.338 e. The van der Waals surface area contributed by atoms with E-state index in [-0.39, 0.29) is 23.6 Å². The molecule has 0 bridgehead atoms. The minimum atomic E-state index is -0.662. The smallest absolute Gasteiger partial charge is 0.338 e. The molecular weight excluding hydrogens is 389 g/mol. The standard InChI is InChI=1S/C23H16FNO5/c1-29-20-10-9-14(11-19(20)24)13-30-23(28)15-5-4-6-16(12-15)25-21(26)17-7-2-3-8-18(17)22(25)27/h2-12H,13H2,1H3. The number of carbonyl (C=O) groups excluding carboxylic acids is 3. The van der Waals surface area contributed by atoms with Gasteiger partial charge < -0.3 is 9.47 Å². The van der Waals surface area contributed by atoms with Gasteiger partial charge >= 0.3 is 5.97 Å². The van der Waals surface area contributed by atoms with E-state index in [1.54, 1.807) is 42.5 Å². The first-order valence-electron chi connectivity index (χ1n) is 9.07. The van der Waals surface area contributed by atoms with Gasteiger partial charge in [-0.25, -0.2) is 14.1 Å². The number of anilines is 1. The van der Waals surface area contributed by atoms with Crippen LogP contribution in [0.4, 0.5) is 10.1 Å². The van der Waals surface area contributed by atoms with Crippen LogP contribution >= 0.6 is 0 Å². The van der Waals surface area contributed by atoms with Crippen LogP contribution in [0.1, 0.15) is 36.6 Å². The summed E-state index contributed by atoms with van der Waals surface area (Å²) in [4.78, 5) is 38.7. The van der Waals surface area contributed by atoms with Crippen LogP contribution in [-0.4, -0.2) is 24.9 Å². The number of fused-ring (bicyclic) bond motifs is 1. The second-order valence-corrected chi connectivity index (χ2v) is 6.59. The lowest BCUT2D eigenvalue weighted by Crippen LogP contribution is -2.29. The molecule has 4 rings (SSSR count). The third kappa shape index (κ3) is 3.41. The number of rotatable bonds is 5. The monoisotopic (exact) mass is 405 g/mol. The minimum absolute atomic E-state index is 0.0960. The van der Waals surface area contributed by atoms with Gasteiger partial charge in [0.15, 0.2) is 11.6 Å². The Morgan fingerprint density at radius 1 is 0.933 bits per heavy atom. The minimum Gasteiger partial charge on any atom is -0.494 e. The number of methoxy groups -OCH3 is 1. The summed E-state index contributed by atoms with van der Waals surface area (Å²) >= 11 is 0. The highest BCUT2D eigenvalue weighted by molar-refractivity contribution is 6.34. The quantitative estimate of drug-likeness (QED) is 0.474. The summed E-state index contributed by atoms with van der Waals surface area (Å²) in [7, 11) is 1.36. The SMILES string of the molecule is COc1ccc(COC(=O)c2cccc(N3C(=O)c4ccccc4C3=O)c2)cc1F. The summed E-state index contributed by atoms with van der Waals surface area (Å²) in [5.41, 5.74) is 1.52. The van der Waals surface area contributed by atoms with Crippen LogP contribution in [0, 0.1) is 5.82 Å². The normalized spacial score (nSPS) is 12.7. The fourth-order valence-corrected chi connectivity index (χ4v) is 3.23. The number of benzene rings is 3. The van der Waals surface area contributed by atoms with Crippen LogP contribution in [0.2, 0.25) is 0 Å². The van der Waals surface area contributed by atoms with Crippen molar-refractivity contribution in [2.24, 2.45) is 0 Å². The Morgan fingerprint density at radius 2 is 1.63 bits per heavy atom.